The zero-order valence-corrected chi connectivity index (χ0v) is 10.0. The van der Waals surface area contributed by atoms with E-state index in [1.807, 2.05) is 13.8 Å². The lowest BCUT2D eigenvalue weighted by Crippen LogP contribution is -2.29. The molecule has 0 aliphatic rings. The van der Waals surface area contributed by atoms with Crippen molar-refractivity contribution < 1.29 is 4.74 Å². The van der Waals surface area contributed by atoms with E-state index in [1.54, 1.807) is 18.4 Å². The van der Waals surface area contributed by atoms with Crippen LogP contribution in [0.5, 0.6) is 5.75 Å². The SMILES string of the molecule is COc1c(C(C)(C)N)ccc2sccc12. The van der Waals surface area contributed by atoms with Gasteiger partial charge < -0.3 is 10.5 Å². The highest BCUT2D eigenvalue weighted by atomic mass is 32.1. The molecule has 0 saturated heterocycles. The quantitative estimate of drug-likeness (QED) is 0.845. The van der Waals surface area contributed by atoms with E-state index >= 15 is 0 Å². The van der Waals surface area contributed by atoms with Crippen LogP contribution < -0.4 is 10.5 Å². The first-order valence-corrected chi connectivity index (χ1v) is 5.75. The summed E-state index contributed by atoms with van der Waals surface area (Å²) in [5.74, 6) is 0.904. The van der Waals surface area contributed by atoms with Gasteiger partial charge in [0.1, 0.15) is 5.75 Å². The molecule has 0 aliphatic carbocycles. The molecular weight excluding hydrogens is 206 g/mol. The molecule has 2 N–H and O–H groups in total. The van der Waals surface area contributed by atoms with Crippen molar-refractivity contribution in [1.29, 1.82) is 0 Å². The maximum atomic E-state index is 6.12. The standard InChI is InChI=1S/C12H15NOS/c1-12(2,13)9-4-5-10-8(6-7-15-10)11(9)14-3/h4-7H,13H2,1-3H3. The van der Waals surface area contributed by atoms with Gasteiger partial charge in [-0.3, -0.25) is 0 Å². The number of nitrogens with two attached hydrogens (primary N) is 1. The van der Waals surface area contributed by atoms with Crippen LogP contribution in [0.4, 0.5) is 0 Å². The molecule has 0 spiro atoms. The summed E-state index contributed by atoms with van der Waals surface area (Å²) in [4.78, 5) is 0. The van der Waals surface area contributed by atoms with E-state index in [1.165, 1.54) is 4.70 Å². The number of fused-ring (bicyclic) bond motifs is 1. The van der Waals surface area contributed by atoms with Gasteiger partial charge in [-0.25, -0.2) is 0 Å². The van der Waals surface area contributed by atoms with Gasteiger partial charge in [-0.15, -0.1) is 11.3 Å². The van der Waals surface area contributed by atoms with Gasteiger partial charge in [-0.05, 0) is 31.4 Å². The summed E-state index contributed by atoms with van der Waals surface area (Å²) in [6, 6.07) is 6.23. The van der Waals surface area contributed by atoms with Crippen molar-refractivity contribution in [1.82, 2.24) is 0 Å². The summed E-state index contributed by atoms with van der Waals surface area (Å²) in [5, 5.41) is 3.22. The second-order valence-electron chi connectivity index (χ2n) is 4.20. The third-order valence-electron chi connectivity index (χ3n) is 2.48. The van der Waals surface area contributed by atoms with Crippen molar-refractivity contribution in [3.8, 4) is 5.75 Å². The largest absolute Gasteiger partial charge is 0.496 e. The van der Waals surface area contributed by atoms with Crippen LogP contribution in [0.3, 0.4) is 0 Å². The summed E-state index contributed by atoms with van der Waals surface area (Å²) in [7, 11) is 1.70. The molecular formula is C12H15NOS. The molecule has 3 heteroatoms. The Morgan fingerprint density at radius 2 is 2.00 bits per heavy atom. The first-order valence-electron chi connectivity index (χ1n) is 4.87. The molecule has 1 heterocycles. The van der Waals surface area contributed by atoms with Crippen molar-refractivity contribution >= 4 is 21.4 Å². The smallest absolute Gasteiger partial charge is 0.132 e. The number of hydrogen-bond donors (Lipinski definition) is 1. The molecule has 0 atom stereocenters. The van der Waals surface area contributed by atoms with Gasteiger partial charge in [0.05, 0.1) is 7.11 Å². The number of methoxy groups -OCH3 is 1. The summed E-state index contributed by atoms with van der Waals surface area (Å²) in [6.45, 7) is 3.98. The number of hydrogen-bond acceptors (Lipinski definition) is 3. The highest BCUT2D eigenvalue weighted by Gasteiger charge is 2.20. The van der Waals surface area contributed by atoms with Crippen molar-refractivity contribution in [3.05, 3.63) is 29.1 Å². The zero-order valence-electron chi connectivity index (χ0n) is 9.20. The lowest BCUT2D eigenvalue weighted by molar-refractivity contribution is 0.399. The fraction of sp³-hybridized carbons (Fsp3) is 0.333. The minimum absolute atomic E-state index is 0.374. The molecule has 0 bridgehead atoms. The Labute approximate surface area is 93.7 Å². The number of ether oxygens (including phenoxy) is 1. The van der Waals surface area contributed by atoms with Gasteiger partial charge in [-0.2, -0.15) is 0 Å². The van der Waals surface area contributed by atoms with Crippen LogP contribution in [0.2, 0.25) is 0 Å². The van der Waals surface area contributed by atoms with Crippen molar-refractivity contribution in [2.45, 2.75) is 19.4 Å². The van der Waals surface area contributed by atoms with Gasteiger partial charge >= 0.3 is 0 Å². The molecule has 15 heavy (non-hydrogen) atoms. The molecule has 0 unspecified atom stereocenters. The van der Waals surface area contributed by atoms with Crippen LogP contribution in [0.15, 0.2) is 23.6 Å². The topological polar surface area (TPSA) is 35.2 Å². The lowest BCUT2D eigenvalue weighted by atomic mass is 9.93. The van der Waals surface area contributed by atoms with Crippen LogP contribution in [0, 0.1) is 0 Å². The molecule has 2 aromatic rings. The Morgan fingerprint density at radius 3 is 2.60 bits per heavy atom. The van der Waals surface area contributed by atoms with Crippen LogP contribution in [0.25, 0.3) is 10.1 Å². The van der Waals surface area contributed by atoms with E-state index in [0.717, 1.165) is 16.7 Å². The van der Waals surface area contributed by atoms with E-state index < -0.39 is 0 Å². The average molecular weight is 221 g/mol. The van der Waals surface area contributed by atoms with E-state index in [0.29, 0.717) is 0 Å². The van der Waals surface area contributed by atoms with Crippen molar-refractivity contribution in [2.75, 3.05) is 7.11 Å². The Morgan fingerprint density at radius 1 is 1.27 bits per heavy atom. The number of benzene rings is 1. The average Bonchev–Trinajstić information content (AvgIpc) is 2.61. The highest BCUT2D eigenvalue weighted by molar-refractivity contribution is 7.17. The van der Waals surface area contributed by atoms with Crippen molar-refractivity contribution in [2.24, 2.45) is 5.73 Å². The molecule has 2 nitrogen and oxygen atoms in total. The fourth-order valence-corrected chi connectivity index (χ4v) is 2.53. The van der Waals surface area contributed by atoms with Gasteiger partial charge in [0.25, 0.3) is 0 Å². The van der Waals surface area contributed by atoms with E-state index in [2.05, 4.69) is 23.6 Å². The predicted octanol–water partition coefficient (Wildman–Crippen LogP) is 3.10. The van der Waals surface area contributed by atoms with Crippen LogP contribution in [0.1, 0.15) is 19.4 Å². The first kappa shape index (κ1) is 10.5. The Bertz CT molecular complexity index is 482. The highest BCUT2D eigenvalue weighted by Crippen LogP contribution is 2.37. The fourth-order valence-electron chi connectivity index (χ4n) is 1.74. The molecule has 0 saturated carbocycles. The molecule has 0 aliphatic heterocycles. The van der Waals surface area contributed by atoms with Crippen LogP contribution in [-0.2, 0) is 5.54 Å². The minimum Gasteiger partial charge on any atom is -0.496 e. The molecule has 1 aromatic heterocycles. The molecule has 0 amide bonds. The Kier molecular flexibility index (Phi) is 2.44. The van der Waals surface area contributed by atoms with E-state index in [-0.39, 0.29) is 5.54 Å². The second-order valence-corrected chi connectivity index (χ2v) is 5.15. The predicted molar refractivity (Wildman–Crippen MR) is 65.6 cm³/mol. The molecule has 0 fully saturated rings. The number of thiophene rings is 1. The summed E-state index contributed by atoms with van der Waals surface area (Å²) < 4.78 is 6.71. The minimum atomic E-state index is -0.374. The summed E-state index contributed by atoms with van der Waals surface area (Å²) >= 11 is 1.72. The van der Waals surface area contributed by atoms with Gasteiger partial charge in [-0.1, -0.05) is 6.07 Å². The van der Waals surface area contributed by atoms with E-state index in [9.17, 15) is 0 Å². The van der Waals surface area contributed by atoms with Crippen molar-refractivity contribution in [3.63, 3.8) is 0 Å². The molecule has 80 valence electrons. The molecule has 2 rings (SSSR count). The summed E-state index contributed by atoms with van der Waals surface area (Å²) in [6.07, 6.45) is 0. The van der Waals surface area contributed by atoms with E-state index in [4.69, 9.17) is 10.5 Å². The first-order chi connectivity index (χ1) is 7.04. The third-order valence-corrected chi connectivity index (χ3v) is 3.37. The van der Waals surface area contributed by atoms with Crippen LogP contribution in [-0.4, -0.2) is 7.11 Å². The molecule has 0 radical (unpaired) electrons. The monoisotopic (exact) mass is 221 g/mol. The maximum Gasteiger partial charge on any atom is 0.132 e. The Hall–Kier alpha value is -1.06. The second kappa shape index (κ2) is 3.51. The van der Waals surface area contributed by atoms with Gasteiger partial charge in [0.2, 0.25) is 0 Å². The lowest BCUT2D eigenvalue weighted by Gasteiger charge is -2.22. The van der Waals surface area contributed by atoms with Gasteiger partial charge in [0, 0.05) is 21.2 Å². The third kappa shape index (κ3) is 1.73. The van der Waals surface area contributed by atoms with Crippen LogP contribution >= 0.6 is 11.3 Å². The van der Waals surface area contributed by atoms with Gasteiger partial charge in [0.15, 0.2) is 0 Å². The normalized spacial score (nSPS) is 12.0. The molecule has 1 aromatic carbocycles. The summed E-state index contributed by atoms with van der Waals surface area (Å²) in [5.41, 5.74) is 6.79. The Balaban J connectivity index is 2.75. The number of rotatable bonds is 2. The maximum absolute atomic E-state index is 6.12. The zero-order chi connectivity index (χ0) is 11.1.